The molecule has 0 aliphatic heterocycles. The fraction of sp³-hybridized carbons (Fsp3) is 0.700. The van der Waals surface area contributed by atoms with Gasteiger partial charge in [-0.25, -0.2) is 8.42 Å². The molecule has 0 spiro atoms. The highest BCUT2D eigenvalue weighted by Crippen LogP contribution is 2.21. The number of nitrogens with zero attached hydrogens (tertiary/aromatic N) is 2. The van der Waals surface area contributed by atoms with Gasteiger partial charge in [-0.05, 0) is 6.92 Å². The molecule has 104 valence electrons. The van der Waals surface area contributed by atoms with Crippen LogP contribution in [0.5, 0.6) is 0 Å². The molecule has 1 heterocycles. The van der Waals surface area contributed by atoms with Crippen LogP contribution in [-0.2, 0) is 21.3 Å². The molecule has 0 saturated heterocycles. The Kier molecular flexibility index (Phi) is 5.27. The van der Waals surface area contributed by atoms with Gasteiger partial charge in [0.25, 0.3) is 0 Å². The minimum absolute atomic E-state index is 0.0841. The van der Waals surface area contributed by atoms with E-state index in [1.165, 1.54) is 11.4 Å². The van der Waals surface area contributed by atoms with Gasteiger partial charge in [-0.1, -0.05) is 6.92 Å². The van der Waals surface area contributed by atoms with Crippen molar-refractivity contribution in [3.05, 3.63) is 11.4 Å². The third-order valence-corrected chi connectivity index (χ3v) is 4.83. The molecule has 18 heavy (non-hydrogen) atoms. The second kappa shape index (κ2) is 6.28. The molecule has 0 saturated carbocycles. The lowest BCUT2D eigenvalue weighted by Gasteiger charge is -2.20. The summed E-state index contributed by atoms with van der Waals surface area (Å²) in [5.74, 6) is 0. The molecular formula is C10H20N4O3S. The Balaban J connectivity index is 3.14. The van der Waals surface area contributed by atoms with Gasteiger partial charge in [0.1, 0.15) is 4.90 Å². The van der Waals surface area contributed by atoms with E-state index in [0.717, 1.165) is 0 Å². The first-order chi connectivity index (χ1) is 8.48. The van der Waals surface area contributed by atoms with Crippen LogP contribution in [0.4, 0.5) is 0 Å². The average Bonchev–Trinajstić information content (AvgIpc) is 2.71. The van der Waals surface area contributed by atoms with Crippen LogP contribution in [0.25, 0.3) is 0 Å². The van der Waals surface area contributed by atoms with E-state index in [0.29, 0.717) is 31.1 Å². The summed E-state index contributed by atoms with van der Waals surface area (Å²) in [6, 6.07) is 0. The van der Waals surface area contributed by atoms with Gasteiger partial charge >= 0.3 is 0 Å². The zero-order chi connectivity index (χ0) is 13.8. The summed E-state index contributed by atoms with van der Waals surface area (Å²) in [5.41, 5.74) is 6.38. The van der Waals surface area contributed by atoms with E-state index in [-0.39, 0.29) is 11.4 Å². The summed E-state index contributed by atoms with van der Waals surface area (Å²) in [5, 5.41) is 6.57. The van der Waals surface area contributed by atoms with Crippen LogP contribution in [-0.4, -0.2) is 49.7 Å². The van der Waals surface area contributed by atoms with E-state index >= 15 is 0 Å². The maximum absolute atomic E-state index is 12.5. The lowest BCUT2D eigenvalue weighted by Crippen LogP contribution is -2.34. The molecule has 0 fully saturated rings. The number of H-pyrrole nitrogens is 1. The van der Waals surface area contributed by atoms with Crippen molar-refractivity contribution in [2.45, 2.75) is 25.3 Å². The number of hydrogen-bond donors (Lipinski definition) is 2. The number of rotatable bonds is 7. The highest BCUT2D eigenvalue weighted by atomic mass is 32.2. The number of hydrogen-bond acceptors (Lipinski definition) is 5. The summed E-state index contributed by atoms with van der Waals surface area (Å²) >= 11 is 0. The van der Waals surface area contributed by atoms with Crippen LogP contribution in [0.15, 0.2) is 4.90 Å². The van der Waals surface area contributed by atoms with Crippen molar-refractivity contribution in [2.75, 3.05) is 26.8 Å². The van der Waals surface area contributed by atoms with E-state index in [1.807, 2.05) is 0 Å². The topological polar surface area (TPSA) is 101 Å². The standard InChI is InChI=1S/C10H20N4O3S/c1-4-14(5-6-17-3)18(15,16)10-8(2)12-13-9(10)7-11/h4-7,11H2,1-3H3,(H,12,13). The summed E-state index contributed by atoms with van der Waals surface area (Å²) in [6.07, 6.45) is 0. The number of methoxy groups -OCH3 is 1. The Labute approximate surface area is 107 Å². The van der Waals surface area contributed by atoms with Crippen molar-refractivity contribution in [2.24, 2.45) is 5.73 Å². The molecule has 0 aliphatic carbocycles. The molecule has 0 atom stereocenters. The molecule has 7 nitrogen and oxygen atoms in total. The monoisotopic (exact) mass is 276 g/mol. The lowest BCUT2D eigenvalue weighted by molar-refractivity contribution is 0.180. The molecule has 0 bridgehead atoms. The van der Waals surface area contributed by atoms with E-state index in [2.05, 4.69) is 10.2 Å². The quantitative estimate of drug-likeness (QED) is 0.720. The Hall–Kier alpha value is -0.960. The summed E-state index contributed by atoms with van der Waals surface area (Å²) < 4.78 is 31.2. The predicted octanol–water partition coefficient (Wildman–Crippen LogP) is -0.166. The van der Waals surface area contributed by atoms with Crippen LogP contribution in [0.1, 0.15) is 18.3 Å². The van der Waals surface area contributed by atoms with Crippen LogP contribution < -0.4 is 5.73 Å². The van der Waals surface area contributed by atoms with Crippen LogP contribution in [0, 0.1) is 6.92 Å². The minimum Gasteiger partial charge on any atom is -0.383 e. The number of aromatic amines is 1. The number of aryl methyl sites for hydroxylation is 1. The Bertz CT molecular complexity index is 483. The zero-order valence-corrected chi connectivity index (χ0v) is 11.7. The second-order valence-electron chi connectivity index (χ2n) is 3.82. The van der Waals surface area contributed by atoms with Gasteiger partial charge in [-0.3, -0.25) is 5.10 Å². The van der Waals surface area contributed by atoms with Gasteiger partial charge in [0, 0.05) is 26.7 Å². The Morgan fingerprint density at radius 1 is 1.50 bits per heavy atom. The van der Waals surface area contributed by atoms with Gasteiger partial charge in [0.2, 0.25) is 10.0 Å². The largest absolute Gasteiger partial charge is 0.383 e. The first-order valence-corrected chi connectivity index (χ1v) is 7.16. The second-order valence-corrected chi connectivity index (χ2v) is 5.69. The van der Waals surface area contributed by atoms with Crippen molar-refractivity contribution in [3.63, 3.8) is 0 Å². The molecule has 1 rings (SSSR count). The molecule has 3 N–H and O–H groups in total. The highest BCUT2D eigenvalue weighted by Gasteiger charge is 2.29. The maximum atomic E-state index is 12.5. The van der Waals surface area contributed by atoms with Gasteiger partial charge in [0.15, 0.2) is 0 Å². The van der Waals surface area contributed by atoms with E-state index in [1.54, 1.807) is 13.8 Å². The molecule has 1 aromatic heterocycles. The van der Waals surface area contributed by atoms with Gasteiger partial charge in [-0.2, -0.15) is 9.40 Å². The average molecular weight is 276 g/mol. The SMILES string of the molecule is CCN(CCOC)S(=O)(=O)c1c(CN)n[nH]c1C. The number of nitrogens with two attached hydrogens (primary N) is 1. The Morgan fingerprint density at radius 3 is 2.67 bits per heavy atom. The molecule has 0 unspecified atom stereocenters. The first kappa shape index (κ1) is 15.1. The number of nitrogens with one attached hydrogen (secondary N) is 1. The molecule has 0 aliphatic rings. The molecule has 0 radical (unpaired) electrons. The molecule has 1 aromatic rings. The fourth-order valence-electron chi connectivity index (χ4n) is 1.72. The van der Waals surface area contributed by atoms with Crippen molar-refractivity contribution in [3.8, 4) is 0 Å². The van der Waals surface area contributed by atoms with Crippen molar-refractivity contribution < 1.29 is 13.2 Å². The number of sulfonamides is 1. The fourth-order valence-corrected chi connectivity index (χ4v) is 3.49. The number of likely N-dealkylation sites (N-methyl/N-ethyl adjacent to an activating group) is 1. The van der Waals surface area contributed by atoms with Crippen molar-refractivity contribution in [1.29, 1.82) is 0 Å². The van der Waals surface area contributed by atoms with Crippen LogP contribution >= 0.6 is 0 Å². The first-order valence-electron chi connectivity index (χ1n) is 5.72. The summed E-state index contributed by atoms with van der Waals surface area (Å²) in [6.45, 7) is 4.57. The third-order valence-electron chi connectivity index (χ3n) is 2.65. The Morgan fingerprint density at radius 2 is 2.17 bits per heavy atom. The van der Waals surface area contributed by atoms with Gasteiger partial charge < -0.3 is 10.5 Å². The number of ether oxygens (including phenoxy) is 1. The van der Waals surface area contributed by atoms with E-state index in [9.17, 15) is 8.42 Å². The summed E-state index contributed by atoms with van der Waals surface area (Å²) in [7, 11) is -2.04. The number of aromatic nitrogens is 2. The third kappa shape index (κ3) is 2.89. The van der Waals surface area contributed by atoms with Gasteiger partial charge in [0.05, 0.1) is 18.0 Å². The predicted molar refractivity (Wildman–Crippen MR) is 67.5 cm³/mol. The molecule has 8 heteroatoms. The van der Waals surface area contributed by atoms with Crippen LogP contribution in [0.3, 0.4) is 0 Å². The summed E-state index contributed by atoms with van der Waals surface area (Å²) in [4.78, 5) is 0.183. The highest BCUT2D eigenvalue weighted by molar-refractivity contribution is 7.89. The zero-order valence-electron chi connectivity index (χ0n) is 10.9. The van der Waals surface area contributed by atoms with Crippen LogP contribution in [0.2, 0.25) is 0 Å². The smallest absolute Gasteiger partial charge is 0.246 e. The van der Waals surface area contributed by atoms with E-state index in [4.69, 9.17) is 10.5 Å². The molecular weight excluding hydrogens is 256 g/mol. The van der Waals surface area contributed by atoms with E-state index < -0.39 is 10.0 Å². The minimum atomic E-state index is -3.57. The molecule has 0 aromatic carbocycles. The molecule has 0 amide bonds. The van der Waals surface area contributed by atoms with Crippen molar-refractivity contribution in [1.82, 2.24) is 14.5 Å². The normalized spacial score (nSPS) is 12.3. The lowest BCUT2D eigenvalue weighted by atomic mass is 10.4. The maximum Gasteiger partial charge on any atom is 0.246 e. The van der Waals surface area contributed by atoms with Crippen molar-refractivity contribution >= 4 is 10.0 Å². The van der Waals surface area contributed by atoms with Gasteiger partial charge in [-0.15, -0.1) is 0 Å².